The standard InChI is InChI=1S/C20H41N5O3/c1-4-21-19(22-15-18-5-7-24(8-6-18)9-12-27-3)23-16-20(2,26)17-25-10-13-28-14-11-25/h18,26H,4-17H2,1-3H3,(H2,21,22,23). The number of rotatable bonds is 10. The van der Waals surface area contributed by atoms with Crippen LogP contribution in [0.1, 0.15) is 26.7 Å². The lowest BCUT2D eigenvalue weighted by molar-refractivity contribution is -0.0180. The highest BCUT2D eigenvalue weighted by Crippen LogP contribution is 2.16. The number of nitrogens with one attached hydrogen (secondary N) is 2. The van der Waals surface area contributed by atoms with Crippen LogP contribution in [0.3, 0.4) is 0 Å². The van der Waals surface area contributed by atoms with Crippen LogP contribution in [0.5, 0.6) is 0 Å². The fraction of sp³-hybridized carbons (Fsp3) is 0.950. The smallest absolute Gasteiger partial charge is 0.191 e. The van der Waals surface area contributed by atoms with Crippen LogP contribution >= 0.6 is 0 Å². The summed E-state index contributed by atoms with van der Waals surface area (Å²) in [6.45, 7) is 14.0. The van der Waals surface area contributed by atoms with E-state index in [9.17, 15) is 5.11 Å². The average Bonchev–Trinajstić information content (AvgIpc) is 2.70. The van der Waals surface area contributed by atoms with Gasteiger partial charge in [-0.3, -0.25) is 9.89 Å². The Hall–Kier alpha value is -0.930. The number of hydrogen-bond acceptors (Lipinski definition) is 6. The first kappa shape index (κ1) is 23.3. The third-order valence-electron chi connectivity index (χ3n) is 5.47. The summed E-state index contributed by atoms with van der Waals surface area (Å²) in [4.78, 5) is 9.37. The second kappa shape index (κ2) is 12.6. The minimum absolute atomic E-state index is 0.384. The first-order valence-electron chi connectivity index (χ1n) is 10.8. The van der Waals surface area contributed by atoms with Crippen LogP contribution in [0.2, 0.25) is 0 Å². The third-order valence-corrected chi connectivity index (χ3v) is 5.47. The second-order valence-electron chi connectivity index (χ2n) is 8.24. The average molecular weight is 400 g/mol. The van der Waals surface area contributed by atoms with Crippen LogP contribution in [0, 0.1) is 5.92 Å². The molecule has 0 amide bonds. The quantitative estimate of drug-likeness (QED) is 0.352. The Kier molecular flexibility index (Phi) is 10.5. The Morgan fingerprint density at radius 2 is 1.89 bits per heavy atom. The van der Waals surface area contributed by atoms with E-state index in [1.807, 2.05) is 6.92 Å². The summed E-state index contributed by atoms with van der Waals surface area (Å²) < 4.78 is 10.6. The number of β-amino-alcohol motifs (C(OH)–C–C–N with tert-alkyl or cyclic N) is 1. The van der Waals surface area contributed by atoms with Gasteiger partial charge in [-0.05, 0) is 45.7 Å². The van der Waals surface area contributed by atoms with Gasteiger partial charge in [0, 0.05) is 46.4 Å². The van der Waals surface area contributed by atoms with Gasteiger partial charge in [-0.1, -0.05) is 0 Å². The van der Waals surface area contributed by atoms with E-state index in [2.05, 4.69) is 32.3 Å². The van der Waals surface area contributed by atoms with E-state index in [-0.39, 0.29) is 0 Å². The van der Waals surface area contributed by atoms with E-state index in [4.69, 9.17) is 9.47 Å². The SMILES string of the molecule is CCNC(=NCC(C)(O)CN1CCOCC1)NCC1CCN(CCOC)CC1. The van der Waals surface area contributed by atoms with Crippen molar-refractivity contribution in [3.63, 3.8) is 0 Å². The number of likely N-dealkylation sites (tertiary alicyclic amines) is 1. The van der Waals surface area contributed by atoms with Crippen molar-refractivity contribution in [1.29, 1.82) is 0 Å². The van der Waals surface area contributed by atoms with Crippen LogP contribution in [-0.2, 0) is 9.47 Å². The predicted molar refractivity (Wildman–Crippen MR) is 113 cm³/mol. The summed E-state index contributed by atoms with van der Waals surface area (Å²) >= 11 is 0. The molecule has 0 saturated carbocycles. The first-order chi connectivity index (χ1) is 13.5. The molecule has 2 aliphatic rings. The van der Waals surface area contributed by atoms with Gasteiger partial charge in [0.15, 0.2) is 5.96 Å². The highest BCUT2D eigenvalue weighted by molar-refractivity contribution is 5.79. The zero-order valence-corrected chi connectivity index (χ0v) is 18.1. The largest absolute Gasteiger partial charge is 0.387 e. The normalized spacial score (nSPS) is 22.8. The van der Waals surface area contributed by atoms with Gasteiger partial charge in [0.05, 0.1) is 32.0 Å². The summed E-state index contributed by atoms with van der Waals surface area (Å²) in [5.41, 5.74) is -0.841. The minimum atomic E-state index is -0.841. The van der Waals surface area contributed by atoms with E-state index < -0.39 is 5.60 Å². The fourth-order valence-electron chi connectivity index (χ4n) is 3.76. The molecule has 8 nitrogen and oxygen atoms in total. The lowest BCUT2D eigenvalue weighted by atomic mass is 9.97. The molecule has 2 fully saturated rings. The van der Waals surface area contributed by atoms with Crippen LogP contribution in [0.25, 0.3) is 0 Å². The van der Waals surface area contributed by atoms with E-state index >= 15 is 0 Å². The number of ether oxygens (including phenoxy) is 2. The minimum Gasteiger partial charge on any atom is -0.387 e. The molecular formula is C20H41N5O3. The molecule has 0 aromatic carbocycles. The van der Waals surface area contributed by atoms with Gasteiger partial charge in [-0.2, -0.15) is 0 Å². The number of nitrogens with zero attached hydrogens (tertiary/aromatic N) is 3. The van der Waals surface area contributed by atoms with Gasteiger partial charge in [-0.15, -0.1) is 0 Å². The van der Waals surface area contributed by atoms with Crippen molar-refractivity contribution in [2.75, 3.05) is 85.8 Å². The Bertz CT molecular complexity index is 447. The molecule has 2 aliphatic heterocycles. The van der Waals surface area contributed by atoms with E-state index in [0.717, 1.165) is 71.6 Å². The molecule has 2 saturated heterocycles. The predicted octanol–water partition coefficient (Wildman–Crippen LogP) is -0.0169. The molecule has 0 aromatic rings. The van der Waals surface area contributed by atoms with Crippen LogP contribution in [0.4, 0.5) is 0 Å². The second-order valence-corrected chi connectivity index (χ2v) is 8.24. The topological polar surface area (TPSA) is 81.6 Å². The molecule has 8 heteroatoms. The third kappa shape index (κ3) is 9.05. The van der Waals surface area contributed by atoms with Gasteiger partial charge >= 0.3 is 0 Å². The van der Waals surface area contributed by atoms with Crippen molar-refractivity contribution >= 4 is 5.96 Å². The summed E-state index contributed by atoms with van der Waals surface area (Å²) in [6, 6.07) is 0. The van der Waals surface area contributed by atoms with Gasteiger partial charge < -0.3 is 30.1 Å². The van der Waals surface area contributed by atoms with Gasteiger partial charge in [0.25, 0.3) is 0 Å². The van der Waals surface area contributed by atoms with Crippen molar-refractivity contribution in [2.45, 2.75) is 32.3 Å². The maximum atomic E-state index is 10.7. The summed E-state index contributed by atoms with van der Waals surface area (Å²) in [6.07, 6.45) is 2.40. The number of guanidine groups is 1. The first-order valence-corrected chi connectivity index (χ1v) is 10.8. The van der Waals surface area contributed by atoms with Gasteiger partial charge in [-0.25, -0.2) is 0 Å². The van der Waals surface area contributed by atoms with Crippen molar-refractivity contribution in [3.8, 4) is 0 Å². The van der Waals surface area contributed by atoms with Gasteiger partial charge in [0.1, 0.15) is 0 Å². The molecule has 0 bridgehead atoms. The molecule has 3 N–H and O–H groups in total. The van der Waals surface area contributed by atoms with E-state index in [1.54, 1.807) is 7.11 Å². The molecule has 164 valence electrons. The molecule has 1 atom stereocenters. The van der Waals surface area contributed by atoms with Crippen molar-refractivity contribution in [3.05, 3.63) is 0 Å². The maximum absolute atomic E-state index is 10.7. The lowest BCUT2D eigenvalue weighted by Gasteiger charge is -2.33. The Morgan fingerprint density at radius 1 is 1.18 bits per heavy atom. The van der Waals surface area contributed by atoms with Crippen LogP contribution in [0.15, 0.2) is 4.99 Å². The summed E-state index contributed by atoms with van der Waals surface area (Å²) in [7, 11) is 1.76. The molecule has 1 unspecified atom stereocenters. The molecule has 0 spiro atoms. The van der Waals surface area contributed by atoms with Crippen LogP contribution in [-0.4, -0.2) is 112 Å². The van der Waals surface area contributed by atoms with Crippen LogP contribution < -0.4 is 10.6 Å². The zero-order chi connectivity index (χ0) is 20.2. The molecule has 0 aliphatic carbocycles. The number of piperidine rings is 1. The van der Waals surface area contributed by atoms with Crippen molar-refractivity contribution in [1.82, 2.24) is 20.4 Å². The highest BCUT2D eigenvalue weighted by Gasteiger charge is 2.25. The summed E-state index contributed by atoms with van der Waals surface area (Å²) in [5.74, 6) is 1.46. The molecule has 28 heavy (non-hydrogen) atoms. The Labute approximate surface area is 170 Å². The Balaban J connectivity index is 1.73. The van der Waals surface area contributed by atoms with E-state index in [1.165, 1.54) is 12.8 Å². The fourth-order valence-corrected chi connectivity index (χ4v) is 3.76. The number of aliphatic imine (C=N–C) groups is 1. The molecular weight excluding hydrogens is 358 g/mol. The van der Waals surface area contributed by atoms with Crippen molar-refractivity contribution < 1.29 is 14.6 Å². The lowest BCUT2D eigenvalue weighted by Crippen LogP contribution is -2.48. The molecule has 2 rings (SSSR count). The molecule has 0 radical (unpaired) electrons. The highest BCUT2D eigenvalue weighted by atomic mass is 16.5. The number of hydrogen-bond donors (Lipinski definition) is 3. The zero-order valence-electron chi connectivity index (χ0n) is 18.1. The van der Waals surface area contributed by atoms with Crippen molar-refractivity contribution in [2.24, 2.45) is 10.9 Å². The number of morpholine rings is 1. The monoisotopic (exact) mass is 399 g/mol. The van der Waals surface area contributed by atoms with E-state index in [0.29, 0.717) is 19.0 Å². The molecule has 0 aromatic heterocycles. The maximum Gasteiger partial charge on any atom is 0.191 e. The molecule has 2 heterocycles. The number of methoxy groups -OCH3 is 1. The summed E-state index contributed by atoms with van der Waals surface area (Å²) in [5, 5.41) is 17.5. The number of aliphatic hydroxyl groups is 1. The Morgan fingerprint density at radius 3 is 2.54 bits per heavy atom. The van der Waals surface area contributed by atoms with Gasteiger partial charge in [0.2, 0.25) is 0 Å².